The number of fused-ring (bicyclic) bond motifs is 1. The summed E-state index contributed by atoms with van der Waals surface area (Å²) in [5.74, 6) is 0.0906. The number of aliphatic hydroxyl groups excluding tert-OH is 1. The number of aliphatic hydroxyl groups is 1. The van der Waals surface area contributed by atoms with Gasteiger partial charge in [0.15, 0.2) is 0 Å². The number of alkyl halides is 3. The molecule has 2 aliphatic rings. The Balaban J connectivity index is 1.65. The third kappa shape index (κ3) is 3.09. The topological polar surface area (TPSA) is 82.4 Å². The molecule has 6 nitrogen and oxygen atoms in total. The van der Waals surface area contributed by atoms with E-state index < -0.39 is 23.6 Å². The average Bonchev–Trinajstić information content (AvgIpc) is 3.19. The molecule has 4 rings (SSSR count). The molecule has 1 saturated carbocycles. The number of phenols is 1. The minimum Gasteiger partial charge on any atom is -0.507 e. The van der Waals surface area contributed by atoms with Crippen molar-refractivity contribution in [2.45, 2.75) is 44.5 Å². The van der Waals surface area contributed by atoms with Gasteiger partial charge in [0.1, 0.15) is 11.4 Å². The third-order valence-corrected chi connectivity index (χ3v) is 5.50. The van der Waals surface area contributed by atoms with Gasteiger partial charge in [-0.15, -0.1) is 10.2 Å². The number of β-amino-alcohol motifs (C(OH)–C–C–N with tert-alkyl or cyclic N) is 1. The van der Waals surface area contributed by atoms with E-state index in [4.69, 9.17) is 0 Å². The quantitative estimate of drug-likeness (QED) is 0.834. The van der Waals surface area contributed by atoms with Crippen molar-refractivity contribution in [2.75, 3.05) is 11.4 Å². The number of halogens is 3. The standard InChI is InChI=1S/C18H19F3N4O2/c1-9-16(12-6-5-10(7-14(12)26)18(19,20)21)23-24-17(22-9)25-8-15(27)11-3-2-4-13(11)25/h5-7,11,13,15,26-27H,2-4,8H2,1H3/t11-,13+,15+/m0/s1. The lowest BCUT2D eigenvalue weighted by molar-refractivity contribution is -0.137. The zero-order chi connectivity index (χ0) is 19.3. The molecule has 0 spiro atoms. The summed E-state index contributed by atoms with van der Waals surface area (Å²) in [6.07, 6.45) is -1.96. The Bertz CT molecular complexity index is 874. The van der Waals surface area contributed by atoms with Crippen molar-refractivity contribution in [3.63, 3.8) is 0 Å². The number of aromatic hydroxyl groups is 1. The zero-order valence-corrected chi connectivity index (χ0v) is 14.6. The average molecular weight is 380 g/mol. The van der Waals surface area contributed by atoms with Gasteiger partial charge in [-0.1, -0.05) is 6.42 Å². The molecule has 0 unspecified atom stereocenters. The van der Waals surface area contributed by atoms with Gasteiger partial charge in [0.05, 0.1) is 17.4 Å². The van der Waals surface area contributed by atoms with Crippen LogP contribution in [0.25, 0.3) is 11.3 Å². The molecule has 2 fully saturated rings. The van der Waals surface area contributed by atoms with Crippen LogP contribution in [0.3, 0.4) is 0 Å². The van der Waals surface area contributed by atoms with Gasteiger partial charge in [0, 0.05) is 24.1 Å². The fraction of sp³-hybridized carbons (Fsp3) is 0.500. The molecule has 1 aromatic carbocycles. The highest BCUT2D eigenvalue weighted by atomic mass is 19.4. The largest absolute Gasteiger partial charge is 0.507 e. The van der Waals surface area contributed by atoms with Crippen molar-refractivity contribution >= 4 is 5.95 Å². The van der Waals surface area contributed by atoms with E-state index in [9.17, 15) is 23.4 Å². The maximum atomic E-state index is 12.8. The fourth-order valence-electron chi connectivity index (χ4n) is 4.18. The molecule has 27 heavy (non-hydrogen) atoms. The SMILES string of the molecule is Cc1nc(N2C[C@@H](O)[C@H]3CCC[C@H]32)nnc1-c1ccc(C(F)(F)F)cc1O. The first-order valence-corrected chi connectivity index (χ1v) is 8.82. The van der Waals surface area contributed by atoms with Gasteiger partial charge in [-0.05, 0) is 38.0 Å². The molecule has 0 radical (unpaired) electrons. The Morgan fingerprint density at radius 2 is 1.96 bits per heavy atom. The highest BCUT2D eigenvalue weighted by molar-refractivity contribution is 5.69. The lowest BCUT2D eigenvalue weighted by Crippen LogP contribution is -2.32. The van der Waals surface area contributed by atoms with Gasteiger partial charge in [-0.3, -0.25) is 0 Å². The summed E-state index contributed by atoms with van der Waals surface area (Å²) in [5, 5.41) is 28.5. The van der Waals surface area contributed by atoms with E-state index in [-0.39, 0.29) is 23.2 Å². The van der Waals surface area contributed by atoms with Gasteiger partial charge >= 0.3 is 6.18 Å². The van der Waals surface area contributed by atoms with Gasteiger partial charge in [-0.25, -0.2) is 4.98 Å². The number of hydrogen-bond donors (Lipinski definition) is 2. The third-order valence-electron chi connectivity index (χ3n) is 5.50. The van der Waals surface area contributed by atoms with Crippen LogP contribution in [0, 0.1) is 12.8 Å². The van der Waals surface area contributed by atoms with E-state index >= 15 is 0 Å². The lowest BCUT2D eigenvalue weighted by atomic mass is 10.0. The Labute approximate surface area is 153 Å². The van der Waals surface area contributed by atoms with E-state index in [2.05, 4.69) is 15.2 Å². The first kappa shape index (κ1) is 18.0. The summed E-state index contributed by atoms with van der Waals surface area (Å²) in [4.78, 5) is 6.40. The van der Waals surface area contributed by atoms with E-state index in [0.717, 1.165) is 25.3 Å². The number of phenolic OH excluding ortho intramolecular Hbond substituents is 1. The lowest BCUT2D eigenvalue weighted by Gasteiger charge is -2.23. The van der Waals surface area contributed by atoms with Crippen LogP contribution in [0.1, 0.15) is 30.5 Å². The molecule has 0 amide bonds. The maximum Gasteiger partial charge on any atom is 0.416 e. The molecular weight excluding hydrogens is 361 g/mol. The molecule has 3 atom stereocenters. The van der Waals surface area contributed by atoms with Gasteiger partial charge in [-0.2, -0.15) is 13.2 Å². The van der Waals surface area contributed by atoms with Crippen LogP contribution in [0.4, 0.5) is 19.1 Å². The monoisotopic (exact) mass is 380 g/mol. The van der Waals surface area contributed by atoms with Crippen molar-refractivity contribution in [2.24, 2.45) is 5.92 Å². The number of aromatic nitrogens is 3. The number of nitrogens with zero attached hydrogens (tertiary/aromatic N) is 4. The van der Waals surface area contributed by atoms with Crippen molar-refractivity contribution < 1.29 is 23.4 Å². The van der Waals surface area contributed by atoms with Gasteiger partial charge in [0.2, 0.25) is 5.95 Å². The van der Waals surface area contributed by atoms with Crippen molar-refractivity contribution in [3.8, 4) is 17.0 Å². The van der Waals surface area contributed by atoms with E-state index in [0.29, 0.717) is 24.3 Å². The second-order valence-electron chi connectivity index (χ2n) is 7.16. The molecule has 1 saturated heterocycles. The molecule has 0 bridgehead atoms. The minimum absolute atomic E-state index is 0.146. The molecule has 1 aromatic heterocycles. The Morgan fingerprint density at radius 1 is 1.19 bits per heavy atom. The second-order valence-corrected chi connectivity index (χ2v) is 7.16. The molecule has 1 aliphatic heterocycles. The molecule has 9 heteroatoms. The van der Waals surface area contributed by atoms with Crippen LogP contribution in [0.5, 0.6) is 5.75 Å². The van der Waals surface area contributed by atoms with Crippen LogP contribution in [0.2, 0.25) is 0 Å². The summed E-state index contributed by atoms with van der Waals surface area (Å²) in [6.45, 7) is 2.12. The number of aryl methyl sites for hydroxylation is 1. The summed E-state index contributed by atoms with van der Waals surface area (Å²) in [7, 11) is 0. The predicted molar refractivity (Wildman–Crippen MR) is 91.1 cm³/mol. The van der Waals surface area contributed by atoms with Gasteiger partial charge < -0.3 is 15.1 Å². The smallest absolute Gasteiger partial charge is 0.416 e. The highest BCUT2D eigenvalue weighted by Crippen LogP contribution is 2.40. The van der Waals surface area contributed by atoms with Crippen LogP contribution in [0.15, 0.2) is 18.2 Å². The highest BCUT2D eigenvalue weighted by Gasteiger charge is 2.44. The van der Waals surface area contributed by atoms with E-state index in [1.165, 1.54) is 6.07 Å². The Morgan fingerprint density at radius 3 is 2.63 bits per heavy atom. The number of hydrogen-bond acceptors (Lipinski definition) is 6. The molecule has 2 heterocycles. The Kier molecular flexibility index (Phi) is 4.21. The second kappa shape index (κ2) is 6.33. The van der Waals surface area contributed by atoms with Crippen LogP contribution in [-0.2, 0) is 6.18 Å². The Hall–Kier alpha value is -2.42. The normalized spacial score (nSPS) is 25.1. The van der Waals surface area contributed by atoms with Gasteiger partial charge in [0.25, 0.3) is 0 Å². The number of rotatable bonds is 2. The predicted octanol–water partition coefficient (Wildman–Crippen LogP) is 2.92. The molecule has 1 aliphatic carbocycles. The van der Waals surface area contributed by atoms with E-state index in [1.807, 2.05) is 4.90 Å². The minimum atomic E-state index is -4.53. The van der Waals surface area contributed by atoms with Crippen molar-refractivity contribution in [1.29, 1.82) is 0 Å². The summed E-state index contributed by atoms with van der Waals surface area (Å²) >= 11 is 0. The fourth-order valence-corrected chi connectivity index (χ4v) is 4.18. The van der Waals surface area contributed by atoms with Crippen molar-refractivity contribution in [1.82, 2.24) is 15.2 Å². The first-order chi connectivity index (χ1) is 12.8. The molecular formula is C18H19F3N4O2. The zero-order valence-electron chi connectivity index (χ0n) is 14.6. The van der Waals surface area contributed by atoms with Crippen molar-refractivity contribution in [3.05, 3.63) is 29.5 Å². The number of benzene rings is 1. The molecule has 144 valence electrons. The first-order valence-electron chi connectivity index (χ1n) is 8.82. The number of anilines is 1. The molecule has 2 aromatic rings. The summed E-state index contributed by atoms with van der Waals surface area (Å²) in [5.41, 5.74) is -0.108. The van der Waals surface area contributed by atoms with Crippen LogP contribution < -0.4 is 4.90 Å². The maximum absolute atomic E-state index is 12.8. The van der Waals surface area contributed by atoms with Crippen LogP contribution >= 0.6 is 0 Å². The van der Waals surface area contributed by atoms with E-state index in [1.54, 1.807) is 6.92 Å². The summed E-state index contributed by atoms with van der Waals surface area (Å²) in [6, 6.07) is 2.92. The van der Waals surface area contributed by atoms with Crippen LogP contribution in [-0.4, -0.2) is 44.1 Å². The summed E-state index contributed by atoms with van der Waals surface area (Å²) < 4.78 is 38.3. The molecule has 2 N–H and O–H groups in total.